The van der Waals surface area contributed by atoms with Crippen LogP contribution in [0.4, 0.5) is 0 Å². The highest BCUT2D eigenvalue weighted by Crippen LogP contribution is 2.47. The number of para-hydroxylation sites is 3. The highest BCUT2D eigenvalue weighted by molar-refractivity contribution is 5.84. The van der Waals surface area contributed by atoms with Gasteiger partial charge in [0, 0.05) is 70.6 Å². The quantitative estimate of drug-likeness (QED) is 0.0942. The molecule has 7 saturated heterocycles. The molecule has 4 aromatic heterocycles. The predicted octanol–water partition coefficient (Wildman–Crippen LogP) is 12.5. The number of hydrogen-bond acceptors (Lipinski definition) is 11. The van der Waals surface area contributed by atoms with Crippen molar-refractivity contribution in [2.75, 3.05) is 32.7 Å². The number of piperidine rings is 7. The smallest absolute Gasteiger partial charge is 0.323 e. The number of aromatic nitrogens is 5. The monoisotopic (exact) mass is 979 g/mol. The molecule has 13 atom stereocenters. The summed E-state index contributed by atoms with van der Waals surface area (Å²) >= 11 is 0. The first kappa shape index (κ1) is 48.2. The Morgan fingerprint density at radius 2 is 1.01 bits per heavy atom. The molecule has 7 aromatic rings. The molecule has 0 radical (unpaired) electrons. The lowest BCUT2D eigenvalue weighted by Crippen LogP contribution is -2.56. The maximum absolute atomic E-state index is 7.59. The van der Waals surface area contributed by atoms with E-state index in [0.29, 0.717) is 47.3 Å². The largest absolute Gasteiger partial charge is 0.467 e. The Bertz CT molecular complexity index is 2870. The molecule has 11 heteroatoms. The summed E-state index contributed by atoms with van der Waals surface area (Å²) < 4.78 is 22.6. The van der Waals surface area contributed by atoms with E-state index in [4.69, 9.17) is 39.1 Å². The second kappa shape index (κ2) is 21.2. The summed E-state index contributed by atoms with van der Waals surface area (Å²) in [6, 6.07) is 34.3. The maximum Gasteiger partial charge on any atom is 0.323 e. The number of pyridine rings is 3. The Balaban J connectivity index is 1.00. The van der Waals surface area contributed by atoms with Crippen molar-refractivity contribution in [2.24, 2.45) is 35.5 Å². The first-order chi connectivity index (χ1) is 36.0. The van der Waals surface area contributed by atoms with E-state index < -0.39 is 6.10 Å². The fourth-order valence-electron chi connectivity index (χ4n) is 14.6. The van der Waals surface area contributed by atoms with Crippen molar-refractivity contribution >= 4 is 32.7 Å². The Morgan fingerprint density at radius 3 is 1.45 bits per heavy atom. The SMILES string of the molecule is CCC(CC)C1CCNC(C(Oc2nc(O[C@@H](c3ccnc4ccccc34)C3CC4CCN3C[C@@H]4CC)cc(O[C@@H](c3ccnc4ccccc34)[C@H]3CC4CCN3C[C@H]4CC)n2)c2ccnc3ccccc23)C1. The van der Waals surface area contributed by atoms with Crippen LogP contribution in [0.2, 0.25) is 0 Å². The summed E-state index contributed by atoms with van der Waals surface area (Å²) in [5.74, 6) is 4.79. The Kier molecular flexibility index (Phi) is 14.0. The van der Waals surface area contributed by atoms with Crippen LogP contribution in [0.25, 0.3) is 32.7 Å². The Hall–Kier alpha value is -5.75. The fourth-order valence-corrected chi connectivity index (χ4v) is 14.6. The van der Waals surface area contributed by atoms with E-state index in [-0.39, 0.29) is 36.3 Å². The maximum atomic E-state index is 7.59. The molecule has 0 aliphatic carbocycles. The van der Waals surface area contributed by atoms with Gasteiger partial charge < -0.3 is 19.5 Å². The molecule has 0 amide bonds. The van der Waals surface area contributed by atoms with Gasteiger partial charge in [-0.3, -0.25) is 24.8 Å². The van der Waals surface area contributed by atoms with Gasteiger partial charge in [0.15, 0.2) is 0 Å². The molecule has 14 rings (SSSR count). The van der Waals surface area contributed by atoms with E-state index >= 15 is 0 Å². The molecule has 380 valence electrons. The van der Waals surface area contributed by atoms with Gasteiger partial charge >= 0.3 is 6.01 Å². The van der Waals surface area contributed by atoms with E-state index in [1.165, 1.54) is 38.5 Å². The summed E-state index contributed by atoms with van der Waals surface area (Å²) in [6.45, 7) is 14.6. The number of hydrogen-bond donors (Lipinski definition) is 1. The molecule has 11 nitrogen and oxygen atoms in total. The number of benzene rings is 3. The highest BCUT2D eigenvalue weighted by atomic mass is 16.5. The summed E-state index contributed by atoms with van der Waals surface area (Å²) in [5.41, 5.74) is 6.17. The third-order valence-electron chi connectivity index (χ3n) is 18.5. The number of rotatable bonds is 17. The zero-order valence-corrected chi connectivity index (χ0v) is 43.4. The van der Waals surface area contributed by atoms with Gasteiger partial charge in [0.2, 0.25) is 11.8 Å². The standard InChI is InChI=1S/C62H74N8O3/c1-5-39(6-2)42-21-27-66-54(33-42)59(48-22-28-63-51-18-12-9-15-45(48)51)73-62-67-57(71-60(49-23-29-64-52-19-13-10-16-46(49)52)55-34-43-25-31-69(55)37-40(43)7-3)36-58(68-62)72-61(50-24-30-65-53-20-14-11-17-47(50)53)56-35-44-26-32-70(56)38-41(44)8-4/h9-20,22-24,28-30,36,39-44,54-56,59-61,66H,5-8,21,25-27,31-35,37-38H2,1-4H3/t40-,41+,42?,43?,44?,54?,55-,56?,59?,60+,61+/m1/s1. The topological polar surface area (TPSA) is 111 Å². The van der Waals surface area contributed by atoms with Crippen molar-refractivity contribution in [3.8, 4) is 17.8 Å². The first-order valence-corrected chi connectivity index (χ1v) is 28.1. The molecule has 7 aliphatic heterocycles. The van der Waals surface area contributed by atoms with E-state index in [2.05, 4.69) is 134 Å². The lowest BCUT2D eigenvalue weighted by atomic mass is 9.72. The number of ether oxygens (including phenoxy) is 3. The Labute approximate surface area is 431 Å². The average Bonchev–Trinajstić information content (AvgIpc) is 3.45. The third kappa shape index (κ3) is 9.55. The van der Waals surface area contributed by atoms with Crippen molar-refractivity contribution in [2.45, 2.75) is 128 Å². The summed E-state index contributed by atoms with van der Waals surface area (Å²) in [5, 5.41) is 7.22. The van der Waals surface area contributed by atoms with Gasteiger partial charge in [-0.15, -0.1) is 0 Å². The van der Waals surface area contributed by atoms with Gasteiger partial charge in [-0.1, -0.05) is 108 Å². The molecule has 7 fully saturated rings. The third-order valence-corrected chi connectivity index (χ3v) is 18.5. The van der Waals surface area contributed by atoms with Crippen molar-refractivity contribution < 1.29 is 14.2 Å². The van der Waals surface area contributed by atoms with Crippen LogP contribution in [0, 0.1) is 35.5 Å². The van der Waals surface area contributed by atoms with Crippen LogP contribution in [0.5, 0.6) is 17.8 Å². The number of nitrogens with zero attached hydrogens (tertiary/aromatic N) is 7. The highest BCUT2D eigenvalue weighted by Gasteiger charge is 2.46. The van der Waals surface area contributed by atoms with E-state index in [1.807, 2.05) is 24.7 Å². The van der Waals surface area contributed by atoms with Crippen molar-refractivity contribution in [3.05, 3.63) is 132 Å². The molecule has 73 heavy (non-hydrogen) atoms. The zero-order chi connectivity index (χ0) is 49.4. The Morgan fingerprint density at radius 1 is 0.548 bits per heavy atom. The van der Waals surface area contributed by atoms with Gasteiger partial charge in [0.05, 0.1) is 34.7 Å². The van der Waals surface area contributed by atoms with E-state index in [9.17, 15) is 0 Å². The van der Waals surface area contributed by atoms with Crippen LogP contribution < -0.4 is 19.5 Å². The normalized spacial score (nSPS) is 28.1. The fraction of sp³-hybridized carbons (Fsp3) is 0.500. The van der Waals surface area contributed by atoms with Crippen LogP contribution in [0.15, 0.2) is 116 Å². The summed E-state index contributed by atoms with van der Waals surface area (Å²) in [7, 11) is 0. The van der Waals surface area contributed by atoms with Gasteiger partial charge in [0.1, 0.15) is 18.3 Å². The molecular formula is C62H74N8O3. The van der Waals surface area contributed by atoms with Crippen LogP contribution >= 0.6 is 0 Å². The van der Waals surface area contributed by atoms with Crippen LogP contribution in [0.1, 0.15) is 127 Å². The minimum Gasteiger partial charge on any atom is -0.467 e. The molecule has 3 aromatic carbocycles. The van der Waals surface area contributed by atoms with E-state index in [0.717, 1.165) is 108 Å². The van der Waals surface area contributed by atoms with Gasteiger partial charge in [0.25, 0.3) is 0 Å². The van der Waals surface area contributed by atoms with Crippen LogP contribution in [-0.2, 0) is 0 Å². The lowest BCUT2D eigenvalue weighted by Gasteiger charge is -2.52. The van der Waals surface area contributed by atoms with Gasteiger partial charge in [-0.25, -0.2) is 0 Å². The van der Waals surface area contributed by atoms with Gasteiger partial charge in [-0.2, -0.15) is 9.97 Å². The molecule has 4 bridgehead atoms. The summed E-state index contributed by atoms with van der Waals surface area (Å²) in [4.78, 5) is 30.6. The summed E-state index contributed by atoms with van der Waals surface area (Å²) in [6.07, 6.45) is 16.1. The average molecular weight is 979 g/mol. The molecule has 11 heterocycles. The minimum absolute atomic E-state index is 0.00348. The molecule has 7 aliphatic rings. The van der Waals surface area contributed by atoms with E-state index in [1.54, 1.807) is 0 Å². The predicted molar refractivity (Wildman–Crippen MR) is 290 cm³/mol. The molecule has 1 N–H and O–H groups in total. The van der Waals surface area contributed by atoms with Crippen molar-refractivity contribution in [1.82, 2.24) is 40.0 Å². The number of nitrogens with one attached hydrogen (secondary N) is 1. The second-order valence-corrected chi connectivity index (χ2v) is 22.1. The zero-order valence-electron chi connectivity index (χ0n) is 43.4. The van der Waals surface area contributed by atoms with Crippen LogP contribution in [-0.4, -0.2) is 85.6 Å². The van der Waals surface area contributed by atoms with Crippen molar-refractivity contribution in [1.29, 1.82) is 0 Å². The number of fused-ring (bicyclic) bond motifs is 9. The molecule has 8 unspecified atom stereocenters. The van der Waals surface area contributed by atoms with Crippen molar-refractivity contribution in [3.63, 3.8) is 0 Å². The van der Waals surface area contributed by atoms with Gasteiger partial charge in [-0.05, 0) is 130 Å². The molecule has 0 spiro atoms. The molecule has 0 saturated carbocycles. The first-order valence-electron chi connectivity index (χ1n) is 28.1. The van der Waals surface area contributed by atoms with Crippen LogP contribution in [0.3, 0.4) is 0 Å². The lowest BCUT2D eigenvalue weighted by molar-refractivity contribution is -0.0517. The minimum atomic E-state index is -0.426. The second-order valence-electron chi connectivity index (χ2n) is 22.1. The molecular weight excluding hydrogens is 905 g/mol.